The molecule has 6 heteroatoms. The molecule has 0 bridgehead atoms. The summed E-state index contributed by atoms with van der Waals surface area (Å²) >= 11 is 1.58. The second-order valence-electron chi connectivity index (χ2n) is 6.64. The zero-order chi connectivity index (χ0) is 16.6. The molecule has 2 atom stereocenters. The van der Waals surface area contributed by atoms with Crippen LogP contribution < -0.4 is 5.32 Å². The molecule has 0 saturated carbocycles. The molecule has 1 aliphatic carbocycles. The van der Waals surface area contributed by atoms with E-state index in [0.717, 1.165) is 21.4 Å². The van der Waals surface area contributed by atoms with Gasteiger partial charge in [-0.25, -0.2) is 9.78 Å². The lowest BCUT2D eigenvalue weighted by atomic mass is 10.0. The van der Waals surface area contributed by atoms with Crippen LogP contribution in [0.3, 0.4) is 0 Å². The average molecular weight is 332 g/mol. The average Bonchev–Trinajstić information content (AvgIpc) is 3.01. The third kappa shape index (κ3) is 3.54. The van der Waals surface area contributed by atoms with Crippen LogP contribution in [0.25, 0.3) is 15.8 Å². The summed E-state index contributed by atoms with van der Waals surface area (Å²) in [5.41, 5.74) is 1.54. The second kappa shape index (κ2) is 5.94. The summed E-state index contributed by atoms with van der Waals surface area (Å²) in [5.74, 6) is 0. The smallest absolute Gasteiger partial charge is 0.407 e. The van der Waals surface area contributed by atoms with Gasteiger partial charge in [0, 0.05) is 17.0 Å². The summed E-state index contributed by atoms with van der Waals surface area (Å²) in [4.78, 5) is 17.2. The van der Waals surface area contributed by atoms with Crippen LogP contribution in [0.15, 0.2) is 29.8 Å². The number of alkyl carbamates (subject to hydrolysis) is 1. The standard InChI is InChI=1S/C17H20N2O3S/c1-17(2,3)22-16(21)19-13-7-10(8-14(13)20)12-9-23-15-11(12)5-4-6-18-15/h4-6,8-9,13-14,20H,7H2,1-3H3,(H,19,21). The number of ether oxygens (including phenoxy) is 1. The molecule has 2 aromatic heterocycles. The molecule has 2 N–H and O–H groups in total. The highest BCUT2D eigenvalue weighted by molar-refractivity contribution is 7.17. The first-order valence-corrected chi connectivity index (χ1v) is 8.42. The van der Waals surface area contributed by atoms with Crippen LogP contribution in [0.5, 0.6) is 0 Å². The molecule has 1 amide bonds. The summed E-state index contributed by atoms with van der Waals surface area (Å²) in [7, 11) is 0. The lowest BCUT2D eigenvalue weighted by Crippen LogP contribution is -2.43. The zero-order valence-corrected chi connectivity index (χ0v) is 14.2. The molecule has 23 heavy (non-hydrogen) atoms. The Labute approximate surface area is 139 Å². The minimum Gasteiger partial charge on any atom is -0.444 e. The molecule has 1 aliphatic rings. The number of amides is 1. The third-order valence-corrected chi connectivity index (χ3v) is 4.52. The molecule has 2 unspecified atom stereocenters. The van der Waals surface area contributed by atoms with Crippen LogP contribution in [0.1, 0.15) is 32.8 Å². The first-order valence-electron chi connectivity index (χ1n) is 7.54. The van der Waals surface area contributed by atoms with Crippen LogP contribution in [0.4, 0.5) is 4.79 Å². The van der Waals surface area contributed by atoms with Gasteiger partial charge in [0.1, 0.15) is 10.4 Å². The summed E-state index contributed by atoms with van der Waals surface area (Å²) in [6.07, 6.45) is 2.92. The van der Waals surface area contributed by atoms with Crippen LogP contribution >= 0.6 is 11.3 Å². The van der Waals surface area contributed by atoms with E-state index in [4.69, 9.17) is 4.74 Å². The molecule has 0 spiro atoms. The molecule has 0 aromatic carbocycles. The highest BCUT2D eigenvalue weighted by Gasteiger charge is 2.30. The number of fused-ring (bicyclic) bond motifs is 1. The van der Waals surface area contributed by atoms with Gasteiger partial charge in [-0.3, -0.25) is 0 Å². The van der Waals surface area contributed by atoms with Gasteiger partial charge in [0.05, 0.1) is 12.1 Å². The number of aliphatic hydroxyl groups is 1. The first-order chi connectivity index (χ1) is 10.8. The van der Waals surface area contributed by atoms with E-state index in [9.17, 15) is 9.90 Å². The van der Waals surface area contributed by atoms with Gasteiger partial charge >= 0.3 is 6.09 Å². The van der Waals surface area contributed by atoms with E-state index in [-0.39, 0.29) is 6.04 Å². The quantitative estimate of drug-likeness (QED) is 0.885. The molecule has 0 fully saturated rings. The number of aromatic nitrogens is 1. The van der Waals surface area contributed by atoms with Crippen LogP contribution in [0.2, 0.25) is 0 Å². The van der Waals surface area contributed by atoms with Gasteiger partial charge in [0.25, 0.3) is 0 Å². The van der Waals surface area contributed by atoms with Crippen molar-refractivity contribution in [1.82, 2.24) is 10.3 Å². The summed E-state index contributed by atoms with van der Waals surface area (Å²) in [6.45, 7) is 5.43. The molecule has 0 saturated heterocycles. The highest BCUT2D eigenvalue weighted by Crippen LogP contribution is 2.35. The van der Waals surface area contributed by atoms with Crippen molar-refractivity contribution < 1.29 is 14.6 Å². The van der Waals surface area contributed by atoms with Crippen molar-refractivity contribution in [3.05, 3.63) is 35.3 Å². The van der Waals surface area contributed by atoms with Gasteiger partial charge in [-0.1, -0.05) is 6.08 Å². The van der Waals surface area contributed by atoms with Crippen molar-refractivity contribution >= 4 is 33.2 Å². The molecule has 0 aliphatic heterocycles. The van der Waals surface area contributed by atoms with E-state index in [0.29, 0.717) is 6.42 Å². The van der Waals surface area contributed by atoms with Crippen molar-refractivity contribution in [2.75, 3.05) is 0 Å². The number of thiophene rings is 1. The Kier molecular flexibility index (Phi) is 4.12. The molecule has 0 radical (unpaired) electrons. The number of aliphatic hydroxyl groups excluding tert-OH is 1. The van der Waals surface area contributed by atoms with Gasteiger partial charge in [0.2, 0.25) is 0 Å². The van der Waals surface area contributed by atoms with E-state index in [1.807, 2.05) is 38.3 Å². The number of rotatable bonds is 2. The summed E-state index contributed by atoms with van der Waals surface area (Å²) in [6, 6.07) is 3.56. The van der Waals surface area contributed by atoms with Gasteiger partial charge in [-0.2, -0.15) is 0 Å². The fourth-order valence-electron chi connectivity index (χ4n) is 2.66. The molecule has 122 valence electrons. The number of hydrogen-bond donors (Lipinski definition) is 2. The van der Waals surface area contributed by atoms with Crippen LogP contribution in [-0.4, -0.2) is 33.9 Å². The number of nitrogens with one attached hydrogen (secondary N) is 1. The zero-order valence-electron chi connectivity index (χ0n) is 13.4. The SMILES string of the molecule is CC(C)(C)OC(=O)NC1CC(c2csc3ncccc23)=CC1O. The number of nitrogens with zero attached hydrogens (tertiary/aromatic N) is 1. The summed E-state index contributed by atoms with van der Waals surface area (Å²) in [5, 5.41) is 16.1. The lowest BCUT2D eigenvalue weighted by molar-refractivity contribution is 0.0464. The van der Waals surface area contributed by atoms with Crippen LogP contribution in [0, 0.1) is 0 Å². The largest absolute Gasteiger partial charge is 0.444 e. The van der Waals surface area contributed by atoms with Crippen molar-refractivity contribution in [1.29, 1.82) is 0 Å². The van der Waals surface area contributed by atoms with E-state index < -0.39 is 17.8 Å². The Morgan fingerprint density at radius 3 is 3.00 bits per heavy atom. The molecule has 2 heterocycles. The maximum Gasteiger partial charge on any atom is 0.407 e. The van der Waals surface area contributed by atoms with Crippen molar-refractivity contribution in [2.45, 2.75) is 44.9 Å². The molecular weight excluding hydrogens is 312 g/mol. The monoisotopic (exact) mass is 332 g/mol. The first kappa shape index (κ1) is 16.0. The molecule has 3 rings (SSSR count). The fraction of sp³-hybridized carbons (Fsp3) is 0.412. The van der Waals surface area contributed by atoms with E-state index >= 15 is 0 Å². The predicted octanol–water partition coefficient (Wildman–Crippen LogP) is 3.34. The normalized spacial score (nSPS) is 21.3. The molecule has 2 aromatic rings. The van der Waals surface area contributed by atoms with Crippen molar-refractivity contribution in [2.24, 2.45) is 0 Å². The Morgan fingerprint density at radius 2 is 2.26 bits per heavy atom. The number of carbonyl (C=O) groups is 1. The van der Waals surface area contributed by atoms with Crippen molar-refractivity contribution in [3.63, 3.8) is 0 Å². The second-order valence-corrected chi connectivity index (χ2v) is 7.50. The van der Waals surface area contributed by atoms with Crippen LogP contribution in [-0.2, 0) is 4.74 Å². The summed E-state index contributed by atoms with van der Waals surface area (Å²) < 4.78 is 5.25. The fourth-order valence-corrected chi connectivity index (χ4v) is 3.59. The topological polar surface area (TPSA) is 71.5 Å². The van der Waals surface area contributed by atoms with Gasteiger partial charge in [0.15, 0.2) is 0 Å². The van der Waals surface area contributed by atoms with E-state index in [1.165, 1.54) is 0 Å². The van der Waals surface area contributed by atoms with E-state index in [2.05, 4.69) is 10.3 Å². The van der Waals surface area contributed by atoms with Gasteiger partial charge in [-0.05, 0) is 50.5 Å². The number of pyridine rings is 1. The number of hydrogen-bond acceptors (Lipinski definition) is 5. The number of carbonyl (C=O) groups excluding carboxylic acids is 1. The minimum atomic E-state index is -0.718. The highest BCUT2D eigenvalue weighted by atomic mass is 32.1. The Bertz CT molecular complexity index is 761. The Hall–Kier alpha value is -1.92. The molecular formula is C17H20N2O3S. The Balaban J connectivity index is 1.73. The predicted molar refractivity (Wildman–Crippen MR) is 91.4 cm³/mol. The Morgan fingerprint density at radius 1 is 1.48 bits per heavy atom. The van der Waals surface area contributed by atoms with E-state index in [1.54, 1.807) is 23.6 Å². The molecule has 5 nitrogen and oxygen atoms in total. The maximum atomic E-state index is 11.9. The van der Waals surface area contributed by atoms with Gasteiger partial charge in [-0.15, -0.1) is 11.3 Å². The maximum absolute atomic E-state index is 11.9. The minimum absolute atomic E-state index is 0.369. The lowest BCUT2D eigenvalue weighted by Gasteiger charge is -2.23. The van der Waals surface area contributed by atoms with Crippen molar-refractivity contribution in [3.8, 4) is 0 Å². The third-order valence-electron chi connectivity index (χ3n) is 3.62. The van der Waals surface area contributed by atoms with Gasteiger partial charge < -0.3 is 15.2 Å².